The molecule has 0 bridgehead atoms. The zero-order chi connectivity index (χ0) is 29.2. The van der Waals surface area contributed by atoms with Crippen molar-refractivity contribution in [3.05, 3.63) is 122 Å². The second kappa shape index (κ2) is 10.8. The molecule has 0 amide bonds. The van der Waals surface area contributed by atoms with Gasteiger partial charge in [0, 0.05) is 44.2 Å². The SMILES string of the molecule is CN1[CH-]N(c2[c-]c([Si](C)(C)c3[c-]c4c(cc3)c3ccccc3n4-c3ccccn3)cc(C(C)(C)C)c2)c2ccccc21.[Pt]. The minimum atomic E-state index is -2.25. The molecule has 43 heavy (non-hydrogen) atoms. The van der Waals surface area contributed by atoms with Crippen LogP contribution in [0.25, 0.3) is 27.6 Å². The van der Waals surface area contributed by atoms with Gasteiger partial charge in [-0.2, -0.15) is 52.9 Å². The Hall–Kier alpha value is -3.66. The van der Waals surface area contributed by atoms with Gasteiger partial charge in [-0.25, -0.2) is 4.98 Å². The Bertz CT molecular complexity index is 1960. The number of hydrogen-bond acceptors (Lipinski definition) is 3. The maximum Gasteiger partial charge on any atom is 0.135 e. The number of nitrogens with zero attached hydrogens (tertiary/aromatic N) is 4. The number of benzene rings is 4. The van der Waals surface area contributed by atoms with Crippen LogP contribution >= 0.6 is 0 Å². The second-order valence-corrected chi connectivity index (χ2v) is 17.1. The average Bonchev–Trinajstić information content (AvgIpc) is 3.51. The predicted octanol–water partition coefficient (Wildman–Crippen LogP) is 7.60. The van der Waals surface area contributed by atoms with Crippen LogP contribution in [0.2, 0.25) is 13.1 Å². The average molecular weight is 759 g/mol. The zero-order valence-corrected chi connectivity index (χ0v) is 28.7. The van der Waals surface area contributed by atoms with E-state index >= 15 is 0 Å². The molecule has 1 aliphatic rings. The van der Waals surface area contributed by atoms with Gasteiger partial charge in [0.05, 0.1) is 8.07 Å². The molecule has 0 aliphatic carbocycles. The van der Waals surface area contributed by atoms with Crippen molar-refractivity contribution in [2.24, 2.45) is 0 Å². The zero-order valence-electron chi connectivity index (χ0n) is 25.4. The number of rotatable bonds is 4. The largest absolute Gasteiger partial charge is 0.504 e. The molecule has 4 aromatic carbocycles. The summed E-state index contributed by atoms with van der Waals surface area (Å²) in [5, 5.41) is 4.95. The van der Waals surface area contributed by atoms with Crippen molar-refractivity contribution in [2.45, 2.75) is 39.3 Å². The molecule has 0 saturated heterocycles. The normalized spacial score (nSPS) is 13.4. The van der Waals surface area contributed by atoms with Gasteiger partial charge in [-0.05, 0) is 48.2 Å². The molecule has 0 fully saturated rings. The first-order chi connectivity index (χ1) is 20.1. The van der Waals surface area contributed by atoms with Crippen LogP contribution in [0.5, 0.6) is 0 Å². The number of anilines is 3. The minimum absolute atomic E-state index is 0. The van der Waals surface area contributed by atoms with Crippen LogP contribution in [0, 0.1) is 18.8 Å². The quantitative estimate of drug-likeness (QED) is 0.137. The fourth-order valence-electron chi connectivity index (χ4n) is 6.04. The molecule has 2 aromatic heterocycles. The van der Waals surface area contributed by atoms with Gasteiger partial charge >= 0.3 is 0 Å². The first-order valence-electron chi connectivity index (χ1n) is 14.5. The molecule has 220 valence electrons. The number of hydrogen-bond donors (Lipinski definition) is 0. The van der Waals surface area contributed by atoms with Crippen LogP contribution in [0.3, 0.4) is 0 Å². The molecule has 0 atom stereocenters. The summed E-state index contributed by atoms with van der Waals surface area (Å²) in [7, 11) is -0.138. The molecular weight excluding hydrogens is 724 g/mol. The summed E-state index contributed by atoms with van der Waals surface area (Å²) >= 11 is 0. The van der Waals surface area contributed by atoms with Crippen molar-refractivity contribution >= 4 is 57.3 Å². The van der Waals surface area contributed by atoms with Gasteiger partial charge in [0.15, 0.2) is 0 Å². The van der Waals surface area contributed by atoms with E-state index in [-0.39, 0.29) is 26.5 Å². The van der Waals surface area contributed by atoms with Crippen molar-refractivity contribution in [3.63, 3.8) is 0 Å². The Morgan fingerprint density at radius 2 is 1.49 bits per heavy atom. The molecule has 7 rings (SSSR count). The molecule has 0 N–H and O–H groups in total. The van der Waals surface area contributed by atoms with Gasteiger partial charge in [-0.15, -0.1) is 17.1 Å². The third-order valence-corrected chi connectivity index (χ3v) is 11.9. The van der Waals surface area contributed by atoms with E-state index in [9.17, 15) is 0 Å². The predicted molar refractivity (Wildman–Crippen MR) is 179 cm³/mol. The number of pyridine rings is 1. The molecule has 0 unspecified atom stereocenters. The summed E-state index contributed by atoms with van der Waals surface area (Å²) < 4.78 is 2.26. The number of para-hydroxylation sites is 3. The summed E-state index contributed by atoms with van der Waals surface area (Å²) in [5.74, 6) is 0.910. The Kier molecular flexibility index (Phi) is 7.39. The van der Waals surface area contributed by atoms with Gasteiger partial charge < -0.3 is 14.4 Å². The Labute approximate surface area is 270 Å². The standard InChI is InChI=1S/C37H35N4Si.Pt/c1-37(2,3)26-21-27(40-25-39(4)33-15-9-10-16-34(33)40)23-29(22-26)42(5,6)28-18-19-31-30-13-7-8-14-32(30)41(35(31)24-28)36-17-11-12-20-38-36;/h7-22,25H,1-6H3;/q-3;. The summed E-state index contributed by atoms with van der Waals surface area (Å²) in [4.78, 5) is 9.20. The van der Waals surface area contributed by atoms with Crippen molar-refractivity contribution in [1.29, 1.82) is 0 Å². The van der Waals surface area contributed by atoms with Crippen LogP contribution in [-0.4, -0.2) is 24.7 Å². The van der Waals surface area contributed by atoms with Crippen molar-refractivity contribution in [3.8, 4) is 5.82 Å². The molecular formula is C37H35N4PtSi-3. The van der Waals surface area contributed by atoms with E-state index in [1.54, 1.807) is 0 Å². The van der Waals surface area contributed by atoms with Crippen LogP contribution in [-0.2, 0) is 26.5 Å². The van der Waals surface area contributed by atoms with E-state index in [1.807, 2.05) is 18.3 Å². The Morgan fingerprint density at radius 1 is 0.767 bits per heavy atom. The minimum Gasteiger partial charge on any atom is -0.504 e. The van der Waals surface area contributed by atoms with E-state index in [0.29, 0.717) is 0 Å². The van der Waals surface area contributed by atoms with E-state index < -0.39 is 8.07 Å². The van der Waals surface area contributed by atoms with E-state index in [4.69, 9.17) is 4.98 Å². The third-order valence-electron chi connectivity index (χ3n) is 8.60. The topological polar surface area (TPSA) is 24.3 Å². The van der Waals surface area contributed by atoms with Crippen molar-refractivity contribution in [2.75, 3.05) is 16.8 Å². The van der Waals surface area contributed by atoms with Crippen LogP contribution in [0.1, 0.15) is 26.3 Å². The number of aromatic nitrogens is 2. The van der Waals surface area contributed by atoms with Gasteiger partial charge in [0.1, 0.15) is 5.82 Å². The van der Waals surface area contributed by atoms with Crippen LogP contribution in [0.15, 0.2) is 97.2 Å². The molecule has 0 radical (unpaired) electrons. The first kappa shape index (κ1) is 29.4. The van der Waals surface area contributed by atoms with Crippen molar-refractivity contribution in [1.82, 2.24) is 9.55 Å². The van der Waals surface area contributed by atoms with E-state index in [0.717, 1.165) is 22.5 Å². The van der Waals surface area contributed by atoms with Crippen LogP contribution < -0.4 is 20.2 Å². The van der Waals surface area contributed by atoms with Gasteiger partial charge in [0.25, 0.3) is 0 Å². The second-order valence-electron chi connectivity index (χ2n) is 12.8. The van der Waals surface area contributed by atoms with Gasteiger partial charge in [-0.1, -0.05) is 75.8 Å². The fraction of sp³-hybridized carbons (Fsp3) is 0.189. The molecule has 6 heteroatoms. The molecule has 0 saturated carbocycles. The smallest absolute Gasteiger partial charge is 0.135 e. The van der Waals surface area contributed by atoms with Gasteiger partial charge in [0.2, 0.25) is 0 Å². The van der Waals surface area contributed by atoms with Crippen molar-refractivity contribution < 1.29 is 21.1 Å². The fourth-order valence-corrected chi connectivity index (χ4v) is 8.21. The molecule has 0 spiro atoms. The summed E-state index contributed by atoms with van der Waals surface area (Å²) in [6, 6.07) is 40.3. The maximum atomic E-state index is 4.73. The molecule has 4 nitrogen and oxygen atoms in total. The van der Waals surface area contributed by atoms with E-state index in [2.05, 4.69) is 153 Å². The summed E-state index contributed by atoms with van der Waals surface area (Å²) in [6.07, 6.45) is 1.86. The monoisotopic (exact) mass is 758 g/mol. The summed E-state index contributed by atoms with van der Waals surface area (Å²) in [5.41, 5.74) is 6.99. The maximum absolute atomic E-state index is 4.73. The number of fused-ring (bicyclic) bond motifs is 4. The van der Waals surface area contributed by atoms with Crippen LogP contribution in [0.4, 0.5) is 17.1 Å². The Balaban J connectivity index is 0.00000329. The molecule has 1 aliphatic heterocycles. The summed E-state index contributed by atoms with van der Waals surface area (Å²) in [6.45, 7) is 13.9. The van der Waals surface area contributed by atoms with E-state index in [1.165, 1.54) is 38.1 Å². The Morgan fingerprint density at radius 3 is 2.23 bits per heavy atom. The molecule has 6 aromatic rings. The van der Waals surface area contributed by atoms with Gasteiger partial charge in [-0.3, -0.25) is 0 Å². The molecule has 3 heterocycles. The third kappa shape index (κ3) is 4.93. The first-order valence-corrected chi connectivity index (χ1v) is 17.5.